The van der Waals surface area contributed by atoms with Crippen LogP contribution in [0.4, 0.5) is 0 Å². The molecule has 100 valence electrons. The van der Waals surface area contributed by atoms with Crippen LogP contribution in [0.15, 0.2) is 24.3 Å². The van der Waals surface area contributed by atoms with E-state index in [-0.39, 0.29) is 5.60 Å². The molecule has 0 aromatic heterocycles. The standard InChI is InChI=1S/C15H22O3/c1-14(2,13(16)17)10-11-6-8-12(9-7-11)15(3,4)18-5/h6-9H,10H2,1-5H3,(H,16,17). The molecule has 0 bridgehead atoms. The van der Waals surface area contributed by atoms with Crippen molar-refractivity contribution in [3.05, 3.63) is 35.4 Å². The smallest absolute Gasteiger partial charge is 0.309 e. The Balaban J connectivity index is 2.88. The molecule has 0 spiro atoms. The van der Waals surface area contributed by atoms with E-state index in [4.69, 9.17) is 9.84 Å². The number of methoxy groups -OCH3 is 1. The second kappa shape index (κ2) is 5.11. The number of carbonyl (C=O) groups is 1. The monoisotopic (exact) mass is 250 g/mol. The second-order valence-corrected chi connectivity index (χ2v) is 5.78. The van der Waals surface area contributed by atoms with Crippen molar-refractivity contribution in [3.63, 3.8) is 0 Å². The molecule has 18 heavy (non-hydrogen) atoms. The van der Waals surface area contributed by atoms with Crippen LogP contribution in [-0.4, -0.2) is 18.2 Å². The van der Waals surface area contributed by atoms with Crippen molar-refractivity contribution in [1.29, 1.82) is 0 Å². The van der Waals surface area contributed by atoms with Gasteiger partial charge in [-0.25, -0.2) is 0 Å². The highest BCUT2D eigenvalue weighted by atomic mass is 16.5. The van der Waals surface area contributed by atoms with Gasteiger partial charge in [0.1, 0.15) is 0 Å². The van der Waals surface area contributed by atoms with Crippen LogP contribution >= 0.6 is 0 Å². The molecule has 1 rings (SSSR count). The van der Waals surface area contributed by atoms with Crippen LogP contribution < -0.4 is 0 Å². The van der Waals surface area contributed by atoms with E-state index in [0.29, 0.717) is 6.42 Å². The molecule has 0 saturated carbocycles. The fraction of sp³-hybridized carbons (Fsp3) is 0.533. The first kappa shape index (κ1) is 14.7. The zero-order valence-electron chi connectivity index (χ0n) is 11.8. The fourth-order valence-electron chi connectivity index (χ4n) is 1.73. The molecule has 0 aliphatic heterocycles. The molecule has 0 fully saturated rings. The molecule has 0 radical (unpaired) electrons. The lowest BCUT2D eigenvalue weighted by Gasteiger charge is -2.24. The van der Waals surface area contributed by atoms with Crippen molar-refractivity contribution < 1.29 is 14.6 Å². The minimum absolute atomic E-state index is 0.319. The summed E-state index contributed by atoms with van der Waals surface area (Å²) < 4.78 is 5.41. The zero-order chi connectivity index (χ0) is 14.0. The Morgan fingerprint density at radius 1 is 1.17 bits per heavy atom. The molecule has 1 aromatic carbocycles. The maximum Gasteiger partial charge on any atom is 0.309 e. The van der Waals surface area contributed by atoms with Crippen LogP contribution in [-0.2, 0) is 21.6 Å². The summed E-state index contributed by atoms with van der Waals surface area (Å²) in [4.78, 5) is 11.1. The van der Waals surface area contributed by atoms with Crippen molar-refractivity contribution >= 4 is 5.97 Å². The molecule has 0 atom stereocenters. The second-order valence-electron chi connectivity index (χ2n) is 5.78. The normalized spacial score (nSPS) is 12.5. The summed E-state index contributed by atoms with van der Waals surface area (Å²) in [5.74, 6) is -0.774. The average Bonchev–Trinajstić information content (AvgIpc) is 2.29. The number of rotatable bonds is 5. The summed E-state index contributed by atoms with van der Waals surface area (Å²) in [6.45, 7) is 7.48. The first-order valence-corrected chi connectivity index (χ1v) is 6.07. The van der Waals surface area contributed by atoms with Gasteiger partial charge in [0, 0.05) is 7.11 Å². The molecular formula is C15H22O3. The number of carboxylic acids is 1. The van der Waals surface area contributed by atoms with Gasteiger partial charge in [-0.15, -0.1) is 0 Å². The molecular weight excluding hydrogens is 228 g/mol. The predicted molar refractivity (Wildman–Crippen MR) is 71.6 cm³/mol. The summed E-state index contributed by atoms with van der Waals surface area (Å²) in [5.41, 5.74) is 1.05. The first-order chi connectivity index (χ1) is 8.19. The van der Waals surface area contributed by atoms with Gasteiger partial charge in [-0.05, 0) is 45.2 Å². The topological polar surface area (TPSA) is 46.5 Å². The number of hydrogen-bond acceptors (Lipinski definition) is 2. The van der Waals surface area contributed by atoms with Gasteiger partial charge in [-0.3, -0.25) is 4.79 Å². The third-order valence-corrected chi connectivity index (χ3v) is 3.38. The molecule has 0 saturated heterocycles. The van der Waals surface area contributed by atoms with Crippen LogP contribution in [0.2, 0.25) is 0 Å². The fourth-order valence-corrected chi connectivity index (χ4v) is 1.73. The maximum absolute atomic E-state index is 11.1. The number of hydrogen-bond donors (Lipinski definition) is 1. The molecule has 3 heteroatoms. The van der Waals surface area contributed by atoms with Gasteiger partial charge in [0.05, 0.1) is 11.0 Å². The molecule has 0 aliphatic rings. The lowest BCUT2D eigenvalue weighted by Crippen LogP contribution is -2.26. The van der Waals surface area contributed by atoms with Gasteiger partial charge >= 0.3 is 5.97 Å². The highest BCUT2D eigenvalue weighted by Crippen LogP contribution is 2.26. The summed E-state index contributed by atoms with van der Waals surface area (Å²) >= 11 is 0. The molecule has 0 heterocycles. The van der Waals surface area contributed by atoms with Gasteiger partial charge < -0.3 is 9.84 Å². The van der Waals surface area contributed by atoms with Crippen LogP contribution in [0.3, 0.4) is 0 Å². The first-order valence-electron chi connectivity index (χ1n) is 6.07. The summed E-state index contributed by atoms with van der Waals surface area (Å²) in [7, 11) is 1.68. The minimum Gasteiger partial charge on any atom is -0.481 e. The number of benzene rings is 1. The zero-order valence-corrected chi connectivity index (χ0v) is 11.8. The van der Waals surface area contributed by atoms with E-state index >= 15 is 0 Å². The van der Waals surface area contributed by atoms with E-state index in [0.717, 1.165) is 11.1 Å². The third kappa shape index (κ3) is 3.33. The van der Waals surface area contributed by atoms with E-state index in [1.165, 1.54) is 0 Å². The van der Waals surface area contributed by atoms with Crippen LogP contribution in [0.25, 0.3) is 0 Å². The molecule has 3 nitrogen and oxygen atoms in total. The Hall–Kier alpha value is -1.35. The van der Waals surface area contributed by atoms with Crippen LogP contribution in [0.5, 0.6) is 0 Å². The van der Waals surface area contributed by atoms with Gasteiger partial charge in [-0.1, -0.05) is 24.3 Å². The van der Waals surface area contributed by atoms with Crippen LogP contribution in [0, 0.1) is 5.41 Å². The minimum atomic E-state index is -0.774. The SMILES string of the molecule is COC(C)(C)c1ccc(CC(C)(C)C(=O)O)cc1. The number of ether oxygens (including phenoxy) is 1. The van der Waals surface area contributed by atoms with Crippen molar-refractivity contribution in [2.45, 2.75) is 39.7 Å². The van der Waals surface area contributed by atoms with E-state index in [1.807, 2.05) is 38.1 Å². The third-order valence-electron chi connectivity index (χ3n) is 3.38. The van der Waals surface area contributed by atoms with Crippen molar-refractivity contribution in [1.82, 2.24) is 0 Å². The van der Waals surface area contributed by atoms with Gasteiger partial charge in [0.2, 0.25) is 0 Å². The van der Waals surface area contributed by atoms with E-state index < -0.39 is 11.4 Å². The predicted octanol–water partition coefficient (Wildman–Crippen LogP) is 3.22. The molecule has 1 aromatic rings. The Labute approximate surface area is 109 Å². The highest BCUT2D eigenvalue weighted by Gasteiger charge is 2.27. The Kier molecular flexibility index (Phi) is 4.17. The summed E-state index contributed by atoms with van der Waals surface area (Å²) in [6.07, 6.45) is 0.524. The van der Waals surface area contributed by atoms with Crippen molar-refractivity contribution in [2.75, 3.05) is 7.11 Å². The molecule has 0 unspecified atom stereocenters. The van der Waals surface area contributed by atoms with Gasteiger partial charge in [-0.2, -0.15) is 0 Å². The van der Waals surface area contributed by atoms with E-state index in [2.05, 4.69) is 0 Å². The van der Waals surface area contributed by atoms with Crippen LogP contribution in [0.1, 0.15) is 38.8 Å². The van der Waals surface area contributed by atoms with Gasteiger partial charge in [0.25, 0.3) is 0 Å². The lowest BCUT2D eigenvalue weighted by molar-refractivity contribution is -0.146. The van der Waals surface area contributed by atoms with Gasteiger partial charge in [0.15, 0.2) is 0 Å². The molecule has 0 aliphatic carbocycles. The summed E-state index contributed by atoms with van der Waals surface area (Å²) in [5, 5.41) is 9.10. The van der Waals surface area contributed by atoms with E-state index in [1.54, 1.807) is 21.0 Å². The number of aliphatic carboxylic acids is 1. The Morgan fingerprint density at radius 3 is 2.06 bits per heavy atom. The molecule has 0 amide bonds. The molecule has 1 N–H and O–H groups in total. The number of carboxylic acid groups (broad SMARTS) is 1. The van der Waals surface area contributed by atoms with Crippen molar-refractivity contribution in [3.8, 4) is 0 Å². The Bertz CT molecular complexity index is 416. The summed E-state index contributed by atoms with van der Waals surface area (Å²) in [6, 6.07) is 7.94. The average molecular weight is 250 g/mol. The largest absolute Gasteiger partial charge is 0.481 e. The highest BCUT2D eigenvalue weighted by molar-refractivity contribution is 5.74. The maximum atomic E-state index is 11.1. The quantitative estimate of drug-likeness (QED) is 0.872. The Morgan fingerprint density at radius 2 is 1.67 bits per heavy atom. The lowest BCUT2D eigenvalue weighted by atomic mass is 9.85. The van der Waals surface area contributed by atoms with E-state index in [9.17, 15) is 4.79 Å². The van der Waals surface area contributed by atoms with Crippen molar-refractivity contribution in [2.24, 2.45) is 5.41 Å².